The highest BCUT2D eigenvalue weighted by molar-refractivity contribution is 6.36. The third-order valence-corrected chi connectivity index (χ3v) is 3.49. The molecule has 0 atom stereocenters. The van der Waals surface area contributed by atoms with Crippen LogP contribution in [-0.2, 0) is 0 Å². The van der Waals surface area contributed by atoms with Gasteiger partial charge in [-0.15, -0.1) is 0 Å². The van der Waals surface area contributed by atoms with Crippen molar-refractivity contribution in [3.63, 3.8) is 0 Å². The van der Waals surface area contributed by atoms with Crippen LogP contribution in [0.15, 0.2) is 41.4 Å². The van der Waals surface area contributed by atoms with E-state index in [9.17, 15) is 9.90 Å². The lowest BCUT2D eigenvalue weighted by atomic mass is 10.1. The fourth-order valence-corrected chi connectivity index (χ4v) is 2.25. The normalized spacial score (nSPS) is 10.9. The summed E-state index contributed by atoms with van der Waals surface area (Å²) in [5.41, 5.74) is 1.04. The quantitative estimate of drug-likeness (QED) is 0.662. The third kappa shape index (κ3) is 4.00. The standard InChI is InChI=1S/C16H13Cl2NO3/c1-22-16-5-3-10(6-14(16)20)15(21)9-19-8-11-2-4-12(17)7-13(11)18/h2-8,20H,9H2,1H3. The van der Waals surface area contributed by atoms with Crippen molar-refractivity contribution < 1.29 is 14.6 Å². The molecule has 0 bridgehead atoms. The molecule has 6 heteroatoms. The molecule has 0 aliphatic carbocycles. The molecule has 0 saturated heterocycles. The summed E-state index contributed by atoms with van der Waals surface area (Å²) in [5.74, 6) is 0.00496. The van der Waals surface area contributed by atoms with Gasteiger partial charge in [0.1, 0.15) is 6.54 Å². The number of phenolic OH excluding ortho intramolecular Hbond substituents is 1. The van der Waals surface area contributed by atoms with Crippen molar-refractivity contribution in [2.45, 2.75) is 0 Å². The van der Waals surface area contributed by atoms with Gasteiger partial charge in [0.05, 0.1) is 12.1 Å². The molecule has 0 amide bonds. The van der Waals surface area contributed by atoms with Gasteiger partial charge in [-0.1, -0.05) is 29.3 Å². The first-order valence-electron chi connectivity index (χ1n) is 6.36. The van der Waals surface area contributed by atoms with Gasteiger partial charge < -0.3 is 9.84 Å². The Bertz CT molecular complexity index is 729. The van der Waals surface area contributed by atoms with Gasteiger partial charge in [-0.3, -0.25) is 9.79 Å². The van der Waals surface area contributed by atoms with Gasteiger partial charge in [-0.2, -0.15) is 0 Å². The number of carbonyl (C=O) groups is 1. The molecule has 0 unspecified atom stereocenters. The smallest absolute Gasteiger partial charge is 0.184 e. The van der Waals surface area contributed by atoms with E-state index in [1.807, 2.05) is 0 Å². The first-order chi connectivity index (χ1) is 10.5. The van der Waals surface area contributed by atoms with E-state index in [4.69, 9.17) is 27.9 Å². The van der Waals surface area contributed by atoms with Crippen LogP contribution < -0.4 is 4.74 Å². The number of Topliss-reactive ketones (excluding diaryl/α,β-unsaturated/α-hetero) is 1. The number of ketones is 1. The second kappa shape index (κ2) is 7.29. The van der Waals surface area contributed by atoms with Gasteiger partial charge in [0.15, 0.2) is 17.3 Å². The van der Waals surface area contributed by atoms with Crippen LogP contribution in [0.1, 0.15) is 15.9 Å². The monoisotopic (exact) mass is 337 g/mol. The van der Waals surface area contributed by atoms with Crippen molar-refractivity contribution in [2.75, 3.05) is 13.7 Å². The van der Waals surface area contributed by atoms with E-state index in [2.05, 4.69) is 4.99 Å². The highest BCUT2D eigenvalue weighted by atomic mass is 35.5. The van der Waals surface area contributed by atoms with Crippen LogP contribution in [0, 0.1) is 0 Å². The van der Waals surface area contributed by atoms with E-state index in [0.717, 1.165) is 0 Å². The number of nitrogens with zero attached hydrogens (tertiary/aromatic N) is 1. The van der Waals surface area contributed by atoms with Gasteiger partial charge in [-0.25, -0.2) is 0 Å². The van der Waals surface area contributed by atoms with Crippen molar-refractivity contribution in [3.05, 3.63) is 57.6 Å². The van der Waals surface area contributed by atoms with E-state index in [1.54, 1.807) is 24.3 Å². The van der Waals surface area contributed by atoms with Gasteiger partial charge in [-0.05, 0) is 30.3 Å². The number of aliphatic imine (C=N–C) groups is 1. The van der Waals surface area contributed by atoms with Crippen LogP contribution in [0.4, 0.5) is 0 Å². The summed E-state index contributed by atoms with van der Waals surface area (Å²) in [6, 6.07) is 9.48. The summed E-state index contributed by atoms with van der Waals surface area (Å²) in [4.78, 5) is 16.1. The number of halogens is 2. The maximum absolute atomic E-state index is 12.0. The Kier molecular flexibility index (Phi) is 5.41. The van der Waals surface area contributed by atoms with E-state index in [1.165, 1.54) is 25.5 Å². The van der Waals surface area contributed by atoms with Crippen molar-refractivity contribution >= 4 is 35.2 Å². The zero-order chi connectivity index (χ0) is 16.1. The van der Waals surface area contributed by atoms with Crippen LogP contribution in [0.5, 0.6) is 11.5 Å². The maximum Gasteiger partial charge on any atom is 0.184 e. The Hall–Kier alpha value is -2.04. The number of aromatic hydroxyl groups is 1. The number of methoxy groups -OCH3 is 1. The zero-order valence-corrected chi connectivity index (χ0v) is 13.2. The summed E-state index contributed by atoms with van der Waals surface area (Å²) in [5, 5.41) is 10.7. The predicted octanol–water partition coefficient (Wildman–Crippen LogP) is 4.01. The molecule has 0 radical (unpaired) electrons. The summed E-state index contributed by atoms with van der Waals surface area (Å²) in [6.07, 6.45) is 1.51. The highest BCUT2D eigenvalue weighted by Gasteiger charge is 2.09. The molecule has 2 rings (SSSR count). The second-order valence-corrected chi connectivity index (χ2v) is 5.29. The largest absolute Gasteiger partial charge is 0.504 e. The maximum atomic E-state index is 12.0. The number of rotatable bonds is 5. The van der Waals surface area contributed by atoms with Crippen LogP contribution in [0.3, 0.4) is 0 Å². The molecule has 0 aliphatic rings. The SMILES string of the molecule is COc1ccc(C(=O)CN=Cc2ccc(Cl)cc2Cl)cc1O. The molecule has 0 saturated carbocycles. The minimum absolute atomic E-state index is 0.0509. The predicted molar refractivity (Wildman–Crippen MR) is 87.9 cm³/mol. The average Bonchev–Trinajstić information content (AvgIpc) is 2.49. The molecule has 0 aliphatic heterocycles. The molecule has 114 valence electrons. The lowest BCUT2D eigenvalue weighted by molar-refractivity contribution is 0.100. The fourth-order valence-electron chi connectivity index (χ4n) is 1.79. The Morgan fingerprint density at radius 3 is 2.68 bits per heavy atom. The number of benzene rings is 2. The van der Waals surface area contributed by atoms with Crippen LogP contribution in [0.25, 0.3) is 0 Å². The minimum Gasteiger partial charge on any atom is -0.504 e. The van der Waals surface area contributed by atoms with Gasteiger partial charge in [0.2, 0.25) is 0 Å². The summed E-state index contributed by atoms with van der Waals surface area (Å²) >= 11 is 11.8. The first kappa shape index (κ1) is 16.3. The lowest BCUT2D eigenvalue weighted by Gasteiger charge is -2.04. The van der Waals surface area contributed by atoms with E-state index in [-0.39, 0.29) is 18.1 Å². The summed E-state index contributed by atoms with van der Waals surface area (Å²) in [6.45, 7) is -0.0509. The molecular weight excluding hydrogens is 325 g/mol. The number of phenols is 1. The van der Waals surface area contributed by atoms with Crippen LogP contribution in [0.2, 0.25) is 10.0 Å². The molecule has 0 fully saturated rings. The highest BCUT2D eigenvalue weighted by Crippen LogP contribution is 2.26. The van der Waals surface area contributed by atoms with E-state index >= 15 is 0 Å². The Balaban J connectivity index is 2.06. The van der Waals surface area contributed by atoms with Crippen molar-refractivity contribution in [3.8, 4) is 11.5 Å². The fraction of sp³-hybridized carbons (Fsp3) is 0.125. The third-order valence-electron chi connectivity index (χ3n) is 2.93. The second-order valence-electron chi connectivity index (χ2n) is 4.45. The molecule has 2 aromatic carbocycles. The summed E-state index contributed by atoms with van der Waals surface area (Å²) < 4.78 is 4.93. The van der Waals surface area contributed by atoms with Crippen molar-refractivity contribution in [1.82, 2.24) is 0 Å². The van der Waals surface area contributed by atoms with Crippen molar-refractivity contribution in [1.29, 1.82) is 0 Å². The number of hydrogen-bond acceptors (Lipinski definition) is 4. The van der Waals surface area contributed by atoms with E-state index < -0.39 is 0 Å². The van der Waals surface area contributed by atoms with Crippen LogP contribution in [-0.4, -0.2) is 30.8 Å². The average molecular weight is 338 g/mol. The molecule has 0 aromatic heterocycles. The molecule has 0 spiro atoms. The minimum atomic E-state index is -0.223. The van der Waals surface area contributed by atoms with Gasteiger partial charge in [0, 0.05) is 22.4 Å². The Morgan fingerprint density at radius 1 is 1.27 bits per heavy atom. The van der Waals surface area contributed by atoms with Crippen molar-refractivity contribution in [2.24, 2.45) is 4.99 Å². The number of hydrogen-bond donors (Lipinski definition) is 1. The van der Waals surface area contributed by atoms with Gasteiger partial charge >= 0.3 is 0 Å². The molecule has 22 heavy (non-hydrogen) atoms. The van der Waals surface area contributed by atoms with E-state index in [0.29, 0.717) is 26.9 Å². The topological polar surface area (TPSA) is 58.9 Å². The lowest BCUT2D eigenvalue weighted by Crippen LogP contribution is -2.03. The molecular formula is C16H13Cl2NO3. The molecule has 4 nitrogen and oxygen atoms in total. The van der Waals surface area contributed by atoms with Gasteiger partial charge in [0.25, 0.3) is 0 Å². The zero-order valence-electron chi connectivity index (χ0n) is 11.7. The first-order valence-corrected chi connectivity index (χ1v) is 7.12. The molecule has 1 N–H and O–H groups in total. The van der Waals surface area contributed by atoms with Crippen LogP contribution >= 0.6 is 23.2 Å². The Labute approximate surface area is 138 Å². The molecule has 2 aromatic rings. The molecule has 0 heterocycles. The number of ether oxygens (including phenoxy) is 1. The summed E-state index contributed by atoms with van der Waals surface area (Å²) in [7, 11) is 1.44. The number of carbonyl (C=O) groups excluding carboxylic acids is 1. The Morgan fingerprint density at radius 2 is 2.05 bits per heavy atom.